The van der Waals surface area contributed by atoms with Crippen LogP contribution >= 0.6 is 0 Å². The van der Waals surface area contributed by atoms with E-state index in [1.807, 2.05) is 42.5 Å². The zero-order valence-electron chi connectivity index (χ0n) is 23.3. The molecule has 8 nitrogen and oxygen atoms in total. The van der Waals surface area contributed by atoms with Crippen LogP contribution in [0, 0.1) is 0 Å². The number of amides is 1. The molecule has 0 spiro atoms. The van der Waals surface area contributed by atoms with Crippen molar-refractivity contribution in [1.29, 1.82) is 0 Å². The van der Waals surface area contributed by atoms with Gasteiger partial charge in [0.15, 0.2) is 5.72 Å². The predicted octanol–water partition coefficient (Wildman–Crippen LogP) is 6.34. The highest BCUT2D eigenvalue weighted by molar-refractivity contribution is 6.31. The molecule has 0 aliphatic carbocycles. The summed E-state index contributed by atoms with van der Waals surface area (Å²) in [5, 5.41) is 12.0. The number of carbonyl (C=O) groups excluding carboxylic acids is 1. The molecule has 1 saturated heterocycles. The van der Waals surface area contributed by atoms with Crippen LogP contribution in [0.4, 0.5) is 0 Å². The van der Waals surface area contributed by atoms with E-state index in [9.17, 15) is 4.79 Å². The lowest BCUT2D eigenvalue weighted by Gasteiger charge is -2.44. The lowest BCUT2D eigenvalue weighted by Crippen LogP contribution is -2.54. The van der Waals surface area contributed by atoms with Gasteiger partial charge < -0.3 is 28.8 Å². The van der Waals surface area contributed by atoms with Gasteiger partial charge in [0.1, 0.15) is 18.9 Å². The molecular weight excluding hydrogens is 528 g/mol. The Morgan fingerprint density at radius 3 is 2.45 bits per heavy atom. The molecule has 6 aromatic rings. The van der Waals surface area contributed by atoms with Gasteiger partial charge in [0, 0.05) is 41.6 Å². The summed E-state index contributed by atoms with van der Waals surface area (Å²) in [5.41, 5.74) is 6.78. The van der Waals surface area contributed by atoms with Crippen molar-refractivity contribution in [3.8, 4) is 0 Å². The van der Waals surface area contributed by atoms with Crippen LogP contribution in [0.15, 0.2) is 84.0 Å². The maximum Gasteiger partial charge on any atom is 0.252 e. The molecule has 1 fully saturated rings. The zero-order valence-corrected chi connectivity index (χ0v) is 23.3. The maximum absolute atomic E-state index is 13.5. The van der Waals surface area contributed by atoms with Crippen molar-refractivity contribution in [2.45, 2.75) is 44.6 Å². The molecule has 42 heavy (non-hydrogen) atoms. The number of nitrogens with one attached hydrogen (secondary N) is 1. The van der Waals surface area contributed by atoms with E-state index < -0.39 is 18.1 Å². The number of para-hydroxylation sites is 2. The van der Waals surface area contributed by atoms with Gasteiger partial charge in [-0.1, -0.05) is 71.9 Å². The Bertz CT molecular complexity index is 2140. The lowest BCUT2D eigenvalue weighted by atomic mass is 9.95. The number of nitrogens with zero attached hydrogens (tertiary/aromatic N) is 3. The average Bonchev–Trinajstić information content (AvgIpc) is 3.65. The Morgan fingerprint density at radius 1 is 0.952 bits per heavy atom. The quantitative estimate of drug-likeness (QED) is 0.257. The number of benzene rings is 4. The molecule has 0 saturated carbocycles. The van der Waals surface area contributed by atoms with Crippen LogP contribution in [0.3, 0.4) is 0 Å². The topological polar surface area (TPSA) is 79.0 Å². The molecule has 1 amide bonds. The summed E-state index contributed by atoms with van der Waals surface area (Å²) in [5.74, 6) is -0.0303. The number of aromatic nitrogens is 2. The van der Waals surface area contributed by atoms with Crippen molar-refractivity contribution in [1.82, 2.24) is 14.5 Å². The summed E-state index contributed by atoms with van der Waals surface area (Å²) in [6, 6.07) is 26.7. The van der Waals surface area contributed by atoms with Crippen LogP contribution in [0.1, 0.15) is 41.1 Å². The standard InChI is InChI=1S/C34H28N4O4/c1-34-32(40-2)23(36-41-18-19-10-4-3-5-11-19)16-26(42-34)37-24-14-8-6-12-20(24)28-29-22(17-35-33(29)39)27-21-13-7-9-15-25(21)38(34)31(27)30(28)37/h3-15,26,32H,16-18H2,1-2H3,(H,35,39)/b36-23+/t26-,32-,34+/m1/s1. The Kier molecular flexibility index (Phi) is 4.82. The molecule has 3 aliphatic rings. The SMILES string of the molecule is CO[C@@H]1/C(=N/OCc2ccccc2)C[C@H]2O[C@]1(C)n1c3ccccc3c3c4c(c5c6ccccc6n2c5c31)C(=O)NC4. The first kappa shape index (κ1) is 24.0. The van der Waals surface area contributed by atoms with E-state index in [1.54, 1.807) is 7.11 Å². The van der Waals surface area contributed by atoms with Crippen molar-refractivity contribution in [3.63, 3.8) is 0 Å². The van der Waals surface area contributed by atoms with Crippen LogP contribution in [-0.4, -0.2) is 34.0 Å². The number of hydrogen-bond donors (Lipinski definition) is 1. The summed E-state index contributed by atoms with van der Waals surface area (Å²) in [4.78, 5) is 19.4. The smallest absolute Gasteiger partial charge is 0.252 e. The molecule has 0 radical (unpaired) electrons. The minimum absolute atomic E-state index is 0.0303. The normalized spacial score (nSPS) is 23.8. The number of hydrogen-bond acceptors (Lipinski definition) is 5. The fraction of sp³-hybridized carbons (Fsp3) is 0.235. The average molecular weight is 557 g/mol. The second-order valence-electron chi connectivity index (χ2n) is 11.5. The van der Waals surface area contributed by atoms with Gasteiger partial charge in [-0.3, -0.25) is 4.79 Å². The molecule has 8 heteroatoms. The summed E-state index contributed by atoms with van der Waals surface area (Å²) in [6.07, 6.45) is -0.431. The lowest BCUT2D eigenvalue weighted by molar-refractivity contribution is -0.211. The zero-order chi connectivity index (χ0) is 28.2. The molecular formula is C34H28N4O4. The number of ether oxygens (including phenoxy) is 2. The van der Waals surface area contributed by atoms with Gasteiger partial charge in [-0.05, 0) is 30.2 Å². The number of rotatable bonds is 4. The van der Waals surface area contributed by atoms with E-state index >= 15 is 0 Å². The Labute approximate surface area is 241 Å². The van der Waals surface area contributed by atoms with Gasteiger partial charge in [0.25, 0.3) is 5.91 Å². The molecule has 3 atom stereocenters. The van der Waals surface area contributed by atoms with E-state index in [4.69, 9.17) is 19.5 Å². The maximum atomic E-state index is 13.5. The fourth-order valence-corrected chi connectivity index (χ4v) is 7.73. The first-order chi connectivity index (χ1) is 20.6. The van der Waals surface area contributed by atoms with Gasteiger partial charge in [-0.15, -0.1) is 0 Å². The molecule has 2 aromatic heterocycles. The molecule has 2 bridgehead atoms. The molecule has 5 heterocycles. The third-order valence-electron chi connectivity index (χ3n) is 9.29. The van der Waals surface area contributed by atoms with Crippen molar-refractivity contribution in [2.75, 3.05) is 7.11 Å². The van der Waals surface area contributed by atoms with Gasteiger partial charge >= 0.3 is 0 Å². The number of oxime groups is 1. The second kappa shape index (κ2) is 8.44. The highest BCUT2D eigenvalue weighted by atomic mass is 16.6. The van der Waals surface area contributed by atoms with Crippen LogP contribution in [0.5, 0.6) is 0 Å². The number of carbonyl (C=O) groups is 1. The van der Waals surface area contributed by atoms with Gasteiger partial charge in [-0.25, -0.2) is 0 Å². The van der Waals surface area contributed by atoms with Crippen LogP contribution < -0.4 is 5.32 Å². The number of fused-ring (bicyclic) bond motifs is 13. The highest BCUT2D eigenvalue weighted by Crippen LogP contribution is 2.53. The second-order valence-corrected chi connectivity index (χ2v) is 11.5. The van der Waals surface area contributed by atoms with E-state index in [0.29, 0.717) is 19.6 Å². The van der Waals surface area contributed by atoms with E-state index in [1.165, 1.54) is 0 Å². The van der Waals surface area contributed by atoms with Crippen LogP contribution in [-0.2, 0) is 33.2 Å². The summed E-state index contributed by atoms with van der Waals surface area (Å²) < 4.78 is 18.0. The first-order valence-electron chi connectivity index (χ1n) is 14.3. The summed E-state index contributed by atoms with van der Waals surface area (Å²) >= 11 is 0. The Balaban J connectivity index is 1.40. The largest absolute Gasteiger partial charge is 0.391 e. The molecule has 4 aromatic carbocycles. The van der Waals surface area contributed by atoms with Gasteiger partial charge in [-0.2, -0.15) is 0 Å². The van der Waals surface area contributed by atoms with E-state index in [-0.39, 0.29) is 5.91 Å². The fourth-order valence-electron chi connectivity index (χ4n) is 7.73. The van der Waals surface area contributed by atoms with E-state index in [2.05, 4.69) is 57.8 Å². The number of methoxy groups -OCH3 is 1. The molecule has 9 rings (SSSR count). The Morgan fingerprint density at radius 2 is 1.67 bits per heavy atom. The van der Waals surface area contributed by atoms with E-state index in [0.717, 1.165) is 66.0 Å². The third kappa shape index (κ3) is 2.93. The van der Waals surface area contributed by atoms with Crippen molar-refractivity contribution < 1.29 is 19.1 Å². The molecule has 208 valence electrons. The van der Waals surface area contributed by atoms with Crippen LogP contribution in [0.25, 0.3) is 43.6 Å². The first-order valence-corrected chi connectivity index (χ1v) is 14.3. The third-order valence-corrected chi connectivity index (χ3v) is 9.29. The highest BCUT2D eigenvalue weighted by Gasteiger charge is 2.52. The monoisotopic (exact) mass is 556 g/mol. The predicted molar refractivity (Wildman–Crippen MR) is 161 cm³/mol. The van der Waals surface area contributed by atoms with Crippen molar-refractivity contribution >= 4 is 55.2 Å². The summed E-state index contributed by atoms with van der Waals surface area (Å²) in [6.45, 7) is 2.93. The minimum Gasteiger partial charge on any atom is -0.391 e. The Hall–Kier alpha value is -4.66. The van der Waals surface area contributed by atoms with Crippen molar-refractivity contribution in [3.05, 3.63) is 95.6 Å². The van der Waals surface area contributed by atoms with Gasteiger partial charge in [0.2, 0.25) is 0 Å². The molecule has 0 unspecified atom stereocenters. The van der Waals surface area contributed by atoms with Gasteiger partial charge in [0.05, 0.1) is 33.3 Å². The van der Waals surface area contributed by atoms with Crippen LogP contribution in [0.2, 0.25) is 0 Å². The minimum atomic E-state index is -0.953. The molecule has 1 N–H and O–H groups in total. The molecule has 3 aliphatic heterocycles. The summed E-state index contributed by atoms with van der Waals surface area (Å²) in [7, 11) is 1.71. The van der Waals surface area contributed by atoms with Crippen molar-refractivity contribution in [2.24, 2.45) is 5.16 Å².